The van der Waals surface area contributed by atoms with Crippen LogP contribution >= 0.6 is 0 Å². The summed E-state index contributed by atoms with van der Waals surface area (Å²) in [5.74, 6) is 1.35. The third-order valence-electron chi connectivity index (χ3n) is 5.94. The van der Waals surface area contributed by atoms with Gasteiger partial charge in [0.25, 0.3) is 0 Å². The van der Waals surface area contributed by atoms with E-state index in [2.05, 4.69) is 44.2 Å². The third-order valence-corrected chi connectivity index (χ3v) is 5.94. The summed E-state index contributed by atoms with van der Waals surface area (Å²) in [7, 11) is 1.64. The smallest absolute Gasteiger partial charge is 0.215 e. The highest BCUT2D eigenvalue weighted by molar-refractivity contribution is 5.81. The van der Waals surface area contributed by atoms with Gasteiger partial charge < -0.3 is 9.64 Å². The maximum Gasteiger partial charge on any atom is 0.215 e. The van der Waals surface area contributed by atoms with Crippen molar-refractivity contribution >= 4 is 17.7 Å². The van der Waals surface area contributed by atoms with Crippen molar-refractivity contribution < 1.29 is 4.74 Å². The van der Waals surface area contributed by atoms with Crippen molar-refractivity contribution in [3.8, 4) is 5.88 Å². The fourth-order valence-corrected chi connectivity index (χ4v) is 4.42. The van der Waals surface area contributed by atoms with E-state index < -0.39 is 0 Å². The SMILES string of the molecule is COc1ccc2c(n1)N=CC=CN2C1CCN(C2C=CCCCCC2)CC1. The first-order valence-corrected chi connectivity index (χ1v) is 10.3. The number of methoxy groups -OCH3 is 1. The van der Waals surface area contributed by atoms with Gasteiger partial charge in [-0.05, 0) is 44.2 Å². The Kier molecular flexibility index (Phi) is 5.87. The standard InChI is InChI=1S/C22H30N4O/c1-27-21-11-10-20-22(24-21)23-14-7-15-26(20)19-12-16-25(17-13-19)18-8-5-3-2-4-6-9-18/h5,7-8,10-11,14-15,18-19H,2-4,6,9,12-13,16-17H2,1H3. The van der Waals surface area contributed by atoms with E-state index in [9.17, 15) is 0 Å². The van der Waals surface area contributed by atoms with Gasteiger partial charge in [-0.1, -0.05) is 25.0 Å². The fourth-order valence-electron chi connectivity index (χ4n) is 4.42. The molecule has 1 aliphatic carbocycles. The van der Waals surface area contributed by atoms with Crippen LogP contribution in [0.15, 0.2) is 41.6 Å². The van der Waals surface area contributed by atoms with Crippen LogP contribution in [0.5, 0.6) is 5.88 Å². The van der Waals surface area contributed by atoms with Crippen LogP contribution in [0.3, 0.4) is 0 Å². The quantitative estimate of drug-likeness (QED) is 0.740. The number of rotatable bonds is 3. The van der Waals surface area contributed by atoms with Gasteiger partial charge in [0, 0.05) is 43.7 Å². The number of pyridine rings is 1. The number of fused-ring (bicyclic) bond motifs is 1. The number of hydrogen-bond donors (Lipinski definition) is 0. The highest BCUT2D eigenvalue weighted by Gasteiger charge is 2.28. The summed E-state index contributed by atoms with van der Waals surface area (Å²) in [6.45, 7) is 2.31. The Bertz CT molecular complexity index is 719. The number of hydrogen-bond acceptors (Lipinski definition) is 5. The Labute approximate surface area is 162 Å². The molecule has 1 unspecified atom stereocenters. The Hall–Kier alpha value is -2.14. The first kappa shape index (κ1) is 18.2. The molecular formula is C22H30N4O. The third kappa shape index (κ3) is 4.24. The van der Waals surface area contributed by atoms with Crippen LogP contribution < -0.4 is 9.64 Å². The molecule has 0 radical (unpaired) electrons. The van der Waals surface area contributed by atoms with Gasteiger partial charge >= 0.3 is 0 Å². The van der Waals surface area contributed by atoms with E-state index in [4.69, 9.17) is 4.74 Å². The minimum Gasteiger partial charge on any atom is -0.481 e. The van der Waals surface area contributed by atoms with E-state index in [1.54, 1.807) is 7.11 Å². The van der Waals surface area contributed by atoms with Gasteiger partial charge in [-0.3, -0.25) is 4.90 Å². The lowest BCUT2D eigenvalue weighted by Gasteiger charge is -2.40. The molecule has 1 aromatic heterocycles. The molecule has 27 heavy (non-hydrogen) atoms. The average Bonchev–Trinajstić information content (AvgIpc) is 2.90. The summed E-state index contributed by atoms with van der Waals surface area (Å²) in [6.07, 6.45) is 19.8. The number of aromatic nitrogens is 1. The van der Waals surface area contributed by atoms with Crippen molar-refractivity contribution in [2.24, 2.45) is 4.99 Å². The molecular weight excluding hydrogens is 336 g/mol. The number of likely N-dealkylation sites (tertiary alicyclic amines) is 1. The number of ether oxygens (including phenoxy) is 1. The molecule has 0 spiro atoms. The zero-order chi connectivity index (χ0) is 18.5. The summed E-state index contributed by atoms with van der Waals surface area (Å²) in [4.78, 5) is 14.1. The summed E-state index contributed by atoms with van der Waals surface area (Å²) < 4.78 is 5.27. The van der Waals surface area contributed by atoms with E-state index in [0.29, 0.717) is 18.0 Å². The van der Waals surface area contributed by atoms with Crippen molar-refractivity contribution in [1.29, 1.82) is 0 Å². The van der Waals surface area contributed by atoms with Gasteiger partial charge in [-0.25, -0.2) is 4.99 Å². The number of piperidine rings is 1. The van der Waals surface area contributed by atoms with Crippen LogP contribution in [0.25, 0.3) is 0 Å². The lowest BCUT2D eigenvalue weighted by Crippen LogP contribution is -2.46. The average molecular weight is 367 g/mol. The molecule has 0 aromatic carbocycles. The lowest BCUT2D eigenvalue weighted by molar-refractivity contribution is 0.168. The lowest BCUT2D eigenvalue weighted by atomic mass is 9.96. The molecule has 1 fully saturated rings. The molecule has 0 saturated carbocycles. The van der Waals surface area contributed by atoms with Crippen molar-refractivity contribution in [2.75, 3.05) is 25.1 Å². The Balaban J connectivity index is 1.45. The van der Waals surface area contributed by atoms with E-state index >= 15 is 0 Å². The largest absolute Gasteiger partial charge is 0.481 e. The number of anilines is 1. The highest BCUT2D eigenvalue weighted by Crippen LogP contribution is 2.34. The maximum atomic E-state index is 5.27. The topological polar surface area (TPSA) is 41.0 Å². The molecule has 3 heterocycles. The Morgan fingerprint density at radius 2 is 1.96 bits per heavy atom. The van der Waals surface area contributed by atoms with Crippen LogP contribution in [0, 0.1) is 0 Å². The molecule has 3 aliphatic rings. The van der Waals surface area contributed by atoms with Crippen LogP contribution in [0.1, 0.15) is 44.9 Å². The molecule has 1 aromatic rings. The number of aliphatic imine (C=N–C) groups is 1. The normalized spacial score (nSPS) is 24.2. The zero-order valence-corrected chi connectivity index (χ0v) is 16.3. The second-order valence-corrected chi connectivity index (χ2v) is 7.62. The molecule has 1 atom stereocenters. The van der Waals surface area contributed by atoms with E-state index in [-0.39, 0.29) is 0 Å². The van der Waals surface area contributed by atoms with Gasteiger partial charge in [0.05, 0.1) is 12.8 Å². The van der Waals surface area contributed by atoms with Crippen LogP contribution in [0.4, 0.5) is 11.5 Å². The van der Waals surface area contributed by atoms with Gasteiger partial charge in [0.2, 0.25) is 5.88 Å². The zero-order valence-electron chi connectivity index (χ0n) is 16.3. The van der Waals surface area contributed by atoms with E-state index in [1.807, 2.05) is 18.4 Å². The summed E-state index contributed by atoms with van der Waals surface area (Å²) in [5.41, 5.74) is 1.07. The van der Waals surface area contributed by atoms with Gasteiger partial charge in [-0.15, -0.1) is 0 Å². The van der Waals surface area contributed by atoms with Gasteiger partial charge in [0.1, 0.15) is 0 Å². The molecule has 4 rings (SSSR count). The van der Waals surface area contributed by atoms with Gasteiger partial charge in [-0.2, -0.15) is 4.98 Å². The molecule has 1 saturated heterocycles. The number of nitrogens with zero attached hydrogens (tertiary/aromatic N) is 4. The maximum absolute atomic E-state index is 5.27. The Morgan fingerprint density at radius 3 is 2.81 bits per heavy atom. The summed E-state index contributed by atoms with van der Waals surface area (Å²) >= 11 is 0. The van der Waals surface area contributed by atoms with Crippen LogP contribution in [-0.4, -0.2) is 48.4 Å². The van der Waals surface area contributed by atoms with E-state index in [1.165, 1.54) is 44.9 Å². The predicted octanol–water partition coefficient (Wildman–Crippen LogP) is 4.48. The molecule has 5 heteroatoms. The fraction of sp³-hybridized carbons (Fsp3) is 0.545. The van der Waals surface area contributed by atoms with Crippen molar-refractivity contribution in [3.63, 3.8) is 0 Å². The molecule has 0 bridgehead atoms. The van der Waals surface area contributed by atoms with Crippen LogP contribution in [-0.2, 0) is 0 Å². The minimum absolute atomic E-state index is 0.491. The first-order chi connectivity index (χ1) is 13.3. The second-order valence-electron chi connectivity index (χ2n) is 7.62. The monoisotopic (exact) mass is 366 g/mol. The molecule has 2 aliphatic heterocycles. The molecule has 5 nitrogen and oxygen atoms in total. The summed E-state index contributed by atoms with van der Waals surface area (Å²) in [6, 6.07) is 5.13. The van der Waals surface area contributed by atoms with Crippen molar-refractivity contribution in [1.82, 2.24) is 9.88 Å². The molecule has 0 N–H and O–H groups in total. The summed E-state index contributed by atoms with van der Waals surface area (Å²) in [5, 5.41) is 0. The second kappa shape index (κ2) is 8.70. The number of allylic oxidation sites excluding steroid dienone is 2. The molecule has 144 valence electrons. The van der Waals surface area contributed by atoms with Crippen LogP contribution in [0.2, 0.25) is 0 Å². The van der Waals surface area contributed by atoms with Crippen molar-refractivity contribution in [2.45, 2.75) is 57.0 Å². The Morgan fingerprint density at radius 1 is 1.07 bits per heavy atom. The van der Waals surface area contributed by atoms with Crippen molar-refractivity contribution in [3.05, 3.63) is 36.6 Å². The van der Waals surface area contributed by atoms with Gasteiger partial charge in [0.15, 0.2) is 5.82 Å². The minimum atomic E-state index is 0.491. The first-order valence-electron chi connectivity index (χ1n) is 10.3. The predicted molar refractivity (Wildman–Crippen MR) is 111 cm³/mol. The van der Waals surface area contributed by atoms with E-state index in [0.717, 1.165) is 24.6 Å². The highest BCUT2D eigenvalue weighted by atomic mass is 16.5. The molecule has 0 amide bonds.